The number of esters is 1. The Labute approximate surface area is 122 Å². The monoisotopic (exact) mass is 287 g/mol. The number of rotatable bonds is 4. The zero-order chi connectivity index (χ0) is 15.6. The van der Waals surface area contributed by atoms with Gasteiger partial charge in [0.2, 0.25) is 0 Å². The highest BCUT2D eigenvalue weighted by atomic mass is 16.5. The molecule has 0 saturated carbocycles. The molecule has 1 atom stereocenters. The van der Waals surface area contributed by atoms with E-state index in [2.05, 4.69) is 4.98 Å². The molecule has 0 N–H and O–H groups in total. The molecule has 0 bridgehead atoms. The predicted octanol–water partition coefficient (Wildman–Crippen LogP) is 2.69. The average molecular weight is 287 g/mol. The van der Waals surface area contributed by atoms with Crippen molar-refractivity contribution < 1.29 is 19.1 Å². The molecule has 110 valence electrons. The third-order valence-corrected chi connectivity index (χ3v) is 3.29. The van der Waals surface area contributed by atoms with Gasteiger partial charge in [-0.25, -0.2) is 4.79 Å². The number of pyridine rings is 1. The van der Waals surface area contributed by atoms with Crippen LogP contribution in [0.1, 0.15) is 29.9 Å². The minimum Gasteiger partial charge on any atom is -0.497 e. The third kappa shape index (κ3) is 3.18. The van der Waals surface area contributed by atoms with Gasteiger partial charge in [0.15, 0.2) is 11.9 Å². The molecule has 0 aliphatic carbocycles. The van der Waals surface area contributed by atoms with Crippen LogP contribution in [-0.2, 0) is 9.53 Å². The van der Waals surface area contributed by atoms with Crippen molar-refractivity contribution in [3.05, 3.63) is 35.5 Å². The molecular weight excluding hydrogens is 270 g/mol. The van der Waals surface area contributed by atoms with Crippen molar-refractivity contribution in [2.24, 2.45) is 0 Å². The van der Waals surface area contributed by atoms with E-state index in [1.54, 1.807) is 39.2 Å². The highest BCUT2D eigenvalue weighted by molar-refractivity contribution is 5.96. The number of aryl methyl sites for hydroxylation is 1. The van der Waals surface area contributed by atoms with Crippen molar-refractivity contribution in [1.82, 2.24) is 4.98 Å². The Kier molecular flexibility index (Phi) is 4.21. The van der Waals surface area contributed by atoms with Crippen molar-refractivity contribution >= 4 is 22.7 Å². The molecule has 0 spiro atoms. The van der Waals surface area contributed by atoms with Gasteiger partial charge in [0.05, 0.1) is 23.9 Å². The molecule has 0 fully saturated rings. The molecule has 0 aliphatic heterocycles. The number of Topliss-reactive ketones (excluding diaryl/α,β-unsaturated/α-hetero) is 1. The van der Waals surface area contributed by atoms with E-state index in [1.165, 1.54) is 6.92 Å². The van der Waals surface area contributed by atoms with Crippen LogP contribution >= 0.6 is 0 Å². The van der Waals surface area contributed by atoms with Gasteiger partial charge in [-0.05, 0) is 39.0 Å². The fourth-order valence-corrected chi connectivity index (χ4v) is 1.88. The summed E-state index contributed by atoms with van der Waals surface area (Å²) in [5, 5.41) is 0.809. The van der Waals surface area contributed by atoms with E-state index >= 15 is 0 Å². The van der Waals surface area contributed by atoms with Gasteiger partial charge in [0.1, 0.15) is 5.75 Å². The predicted molar refractivity (Wildman–Crippen MR) is 78.6 cm³/mol. The van der Waals surface area contributed by atoms with E-state index in [9.17, 15) is 9.59 Å². The average Bonchev–Trinajstić information content (AvgIpc) is 2.45. The van der Waals surface area contributed by atoms with Gasteiger partial charge >= 0.3 is 5.97 Å². The Balaban J connectivity index is 2.38. The van der Waals surface area contributed by atoms with Crippen LogP contribution in [0, 0.1) is 6.92 Å². The van der Waals surface area contributed by atoms with Crippen LogP contribution in [0.3, 0.4) is 0 Å². The molecule has 5 nitrogen and oxygen atoms in total. The number of fused-ring (bicyclic) bond motifs is 1. The molecule has 1 aromatic carbocycles. The summed E-state index contributed by atoms with van der Waals surface area (Å²) in [4.78, 5) is 27.7. The summed E-state index contributed by atoms with van der Waals surface area (Å²) in [5.74, 6) is -0.0326. The molecule has 0 saturated heterocycles. The molecule has 0 aliphatic rings. The smallest absolute Gasteiger partial charge is 0.340 e. The highest BCUT2D eigenvalue weighted by Gasteiger charge is 2.18. The van der Waals surface area contributed by atoms with E-state index in [4.69, 9.17) is 9.47 Å². The number of ether oxygens (including phenoxy) is 2. The number of benzene rings is 1. The maximum absolute atomic E-state index is 12.1. The lowest BCUT2D eigenvalue weighted by Gasteiger charge is -2.12. The summed E-state index contributed by atoms with van der Waals surface area (Å²) in [6.45, 7) is 4.67. The summed E-state index contributed by atoms with van der Waals surface area (Å²) in [7, 11) is 1.59. The lowest BCUT2D eigenvalue weighted by molar-refractivity contribution is -0.124. The Hall–Kier alpha value is -2.43. The normalized spacial score (nSPS) is 12.0. The van der Waals surface area contributed by atoms with Crippen LogP contribution in [0.25, 0.3) is 10.9 Å². The summed E-state index contributed by atoms with van der Waals surface area (Å²) in [6.07, 6.45) is -0.761. The number of hydrogen-bond acceptors (Lipinski definition) is 5. The lowest BCUT2D eigenvalue weighted by atomic mass is 10.1. The summed E-state index contributed by atoms with van der Waals surface area (Å²) >= 11 is 0. The maximum Gasteiger partial charge on any atom is 0.340 e. The first-order valence-corrected chi connectivity index (χ1v) is 6.59. The molecule has 2 rings (SSSR count). The first-order valence-electron chi connectivity index (χ1n) is 6.59. The summed E-state index contributed by atoms with van der Waals surface area (Å²) < 4.78 is 10.3. The second-order valence-corrected chi connectivity index (χ2v) is 4.84. The molecular formula is C16H17NO4. The Bertz CT molecular complexity index is 709. The fourth-order valence-electron chi connectivity index (χ4n) is 1.88. The zero-order valence-electron chi connectivity index (χ0n) is 12.5. The van der Waals surface area contributed by atoms with Crippen LogP contribution in [0.15, 0.2) is 24.3 Å². The second-order valence-electron chi connectivity index (χ2n) is 4.84. The summed E-state index contributed by atoms with van der Waals surface area (Å²) in [6, 6.07) is 7.14. The Morgan fingerprint density at radius 3 is 2.57 bits per heavy atom. The first-order chi connectivity index (χ1) is 9.92. The van der Waals surface area contributed by atoms with Crippen LogP contribution in [0.5, 0.6) is 5.75 Å². The van der Waals surface area contributed by atoms with E-state index in [0.29, 0.717) is 17.0 Å². The van der Waals surface area contributed by atoms with E-state index < -0.39 is 12.1 Å². The number of hydrogen-bond donors (Lipinski definition) is 0. The van der Waals surface area contributed by atoms with Crippen molar-refractivity contribution in [3.63, 3.8) is 0 Å². The largest absolute Gasteiger partial charge is 0.497 e. The molecule has 0 amide bonds. The van der Waals surface area contributed by atoms with Gasteiger partial charge in [0.25, 0.3) is 0 Å². The fraction of sp³-hybridized carbons (Fsp3) is 0.312. The number of nitrogens with zero attached hydrogens (tertiary/aromatic N) is 1. The van der Waals surface area contributed by atoms with Crippen molar-refractivity contribution in [3.8, 4) is 5.75 Å². The SMILES string of the molecule is COc1ccc2cc(C(=O)O[C@H](C)C(C)=O)c(C)nc2c1. The standard InChI is InChI=1S/C16H17NO4/c1-9-14(16(19)21-11(3)10(2)18)7-12-5-6-13(20-4)8-15(12)17-9/h5-8,11H,1-4H3/t11-/m1/s1. The van der Waals surface area contributed by atoms with Crippen molar-refractivity contribution in [1.29, 1.82) is 0 Å². The minimum atomic E-state index is -0.761. The molecule has 5 heteroatoms. The van der Waals surface area contributed by atoms with Gasteiger partial charge < -0.3 is 9.47 Å². The lowest BCUT2D eigenvalue weighted by Crippen LogP contribution is -2.22. The topological polar surface area (TPSA) is 65.5 Å². The van der Waals surface area contributed by atoms with Gasteiger partial charge in [-0.2, -0.15) is 0 Å². The number of carbonyl (C=O) groups excluding carboxylic acids is 2. The maximum atomic E-state index is 12.1. The number of aromatic nitrogens is 1. The third-order valence-electron chi connectivity index (χ3n) is 3.29. The number of ketones is 1. The molecule has 1 heterocycles. The minimum absolute atomic E-state index is 0.195. The van der Waals surface area contributed by atoms with Crippen molar-refractivity contribution in [2.45, 2.75) is 26.9 Å². The van der Waals surface area contributed by atoms with Gasteiger partial charge in [-0.15, -0.1) is 0 Å². The Morgan fingerprint density at radius 2 is 1.95 bits per heavy atom. The number of carbonyl (C=O) groups is 2. The van der Waals surface area contributed by atoms with Crippen LogP contribution in [0.4, 0.5) is 0 Å². The van der Waals surface area contributed by atoms with Gasteiger partial charge in [0, 0.05) is 11.5 Å². The van der Waals surface area contributed by atoms with E-state index in [0.717, 1.165) is 10.9 Å². The van der Waals surface area contributed by atoms with Crippen LogP contribution in [-0.4, -0.2) is 30.0 Å². The molecule has 2 aromatic rings. The summed E-state index contributed by atoms with van der Waals surface area (Å²) in [5.41, 5.74) is 1.65. The second kappa shape index (κ2) is 5.91. The van der Waals surface area contributed by atoms with Crippen LogP contribution in [0.2, 0.25) is 0 Å². The van der Waals surface area contributed by atoms with E-state index in [-0.39, 0.29) is 5.78 Å². The molecule has 0 unspecified atom stereocenters. The molecule has 21 heavy (non-hydrogen) atoms. The zero-order valence-corrected chi connectivity index (χ0v) is 12.5. The number of methoxy groups -OCH3 is 1. The molecule has 1 aromatic heterocycles. The quantitative estimate of drug-likeness (QED) is 0.809. The van der Waals surface area contributed by atoms with Gasteiger partial charge in [-0.1, -0.05) is 0 Å². The van der Waals surface area contributed by atoms with E-state index in [1.807, 2.05) is 6.07 Å². The first kappa shape index (κ1) is 15.0. The van der Waals surface area contributed by atoms with Crippen molar-refractivity contribution in [2.75, 3.05) is 7.11 Å². The highest BCUT2D eigenvalue weighted by Crippen LogP contribution is 2.22. The Morgan fingerprint density at radius 1 is 1.24 bits per heavy atom. The van der Waals surface area contributed by atoms with Crippen LogP contribution < -0.4 is 4.74 Å². The molecule has 0 radical (unpaired) electrons. The van der Waals surface area contributed by atoms with Gasteiger partial charge in [-0.3, -0.25) is 9.78 Å².